The van der Waals surface area contributed by atoms with Crippen molar-refractivity contribution in [3.05, 3.63) is 88.5 Å². The first-order chi connectivity index (χ1) is 14.1. The maximum absolute atomic E-state index is 13.4. The number of carbonyl (C=O) groups excluding carboxylic acids is 2. The summed E-state index contributed by atoms with van der Waals surface area (Å²) in [5.41, 5.74) is 5.24. The molecule has 0 fully saturated rings. The molecular formula is C25H24N2O2. The molecule has 0 aromatic heterocycles. The van der Waals surface area contributed by atoms with E-state index in [0.717, 1.165) is 36.3 Å². The largest absolute Gasteiger partial charge is 0.384 e. The van der Waals surface area contributed by atoms with E-state index < -0.39 is 0 Å². The maximum Gasteiger partial charge on any atom is 0.196 e. The lowest BCUT2D eigenvalue weighted by molar-refractivity contribution is 0.0980. The average molecular weight is 384 g/mol. The topological polar surface area (TPSA) is 58.2 Å². The number of benzene rings is 3. The molecule has 0 atom stereocenters. The normalized spacial score (nSPS) is 12.3. The fraction of sp³-hybridized carbons (Fsp3) is 0.200. The van der Waals surface area contributed by atoms with Gasteiger partial charge in [0.05, 0.1) is 16.8 Å². The van der Waals surface area contributed by atoms with Crippen molar-refractivity contribution in [2.75, 3.05) is 17.2 Å². The number of carbonyl (C=O) groups is 2. The number of hydrogen-bond acceptors (Lipinski definition) is 4. The molecular weight excluding hydrogens is 360 g/mol. The van der Waals surface area contributed by atoms with E-state index in [1.54, 1.807) is 24.3 Å². The predicted molar refractivity (Wildman–Crippen MR) is 118 cm³/mol. The second kappa shape index (κ2) is 7.92. The van der Waals surface area contributed by atoms with Crippen LogP contribution in [0.25, 0.3) is 0 Å². The molecule has 0 aliphatic heterocycles. The van der Waals surface area contributed by atoms with Crippen LogP contribution in [0, 0.1) is 6.92 Å². The summed E-state index contributed by atoms with van der Waals surface area (Å²) >= 11 is 0. The van der Waals surface area contributed by atoms with E-state index in [0.29, 0.717) is 27.9 Å². The smallest absolute Gasteiger partial charge is 0.196 e. The molecule has 0 amide bonds. The van der Waals surface area contributed by atoms with E-state index in [2.05, 4.69) is 17.6 Å². The number of hydrogen-bond donors (Lipinski definition) is 2. The van der Waals surface area contributed by atoms with Crippen LogP contribution in [0.15, 0.2) is 60.7 Å². The van der Waals surface area contributed by atoms with E-state index in [4.69, 9.17) is 0 Å². The number of aryl methyl sites for hydroxylation is 1. The SMILES string of the molecule is CCCCNc1ccc(Nc2ccc(C)cc2)c2c1C(=O)c1ccccc1C2=O. The summed E-state index contributed by atoms with van der Waals surface area (Å²) in [5, 5.41) is 6.69. The van der Waals surface area contributed by atoms with Crippen LogP contribution >= 0.6 is 0 Å². The molecule has 0 spiro atoms. The van der Waals surface area contributed by atoms with Crippen molar-refractivity contribution in [3.63, 3.8) is 0 Å². The van der Waals surface area contributed by atoms with Gasteiger partial charge in [0.15, 0.2) is 11.6 Å². The van der Waals surface area contributed by atoms with Crippen molar-refractivity contribution in [1.82, 2.24) is 0 Å². The van der Waals surface area contributed by atoms with Gasteiger partial charge >= 0.3 is 0 Å². The van der Waals surface area contributed by atoms with Gasteiger partial charge in [-0.15, -0.1) is 0 Å². The molecule has 0 saturated carbocycles. The number of unbranched alkanes of at least 4 members (excludes halogenated alkanes) is 1. The second-order valence-corrected chi connectivity index (χ2v) is 7.39. The summed E-state index contributed by atoms with van der Waals surface area (Å²) in [5.74, 6) is -0.231. The van der Waals surface area contributed by atoms with E-state index in [1.165, 1.54) is 0 Å². The van der Waals surface area contributed by atoms with Crippen LogP contribution < -0.4 is 10.6 Å². The molecule has 29 heavy (non-hydrogen) atoms. The van der Waals surface area contributed by atoms with Gasteiger partial charge in [-0.1, -0.05) is 55.3 Å². The van der Waals surface area contributed by atoms with Gasteiger partial charge in [-0.3, -0.25) is 9.59 Å². The fourth-order valence-corrected chi connectivity index (χ4v) is 3.67. The van der Waals surface area contributed by atoms with Crippen molar-refractivity contribution >= 4 is 28.6 Å². The minimum absolute atomic E-state index is 0.109. The summed E-state index contributed by atoms with van der Waals surface area (Å²) in [6, 6.07) is 18.8. The Balaban J connectivity index is 1.83. The zero-order chi connectivity index (χ0) is 20.4. The summed E-state index contributed by atoms with van der Waals surface area (Å²) in [6.45, 7) is 4.91. The molecule has 0 heterocycles. The Labute approximate surface area is 171 Å². The third-order valence-electron chi connectivity index (χ3n) is 5.25. The molecule has 4 rings (SSSR count). The zero-order valence-electron chi connectivity index (χ0n) is 16.7. The first kappa shape index (κ1) is 18.9. The van der Waals surface area contributed by atoms with E-state index in [-0.39, 0.29) is 11.6 Å². The van der Waals surface area contributed by atoms with Crippen LogP contribution in [0.2, 0.25) is 0 Å². The summed E-state index contributed by atoms with van der Waals surface area (Å²) in [6.07, 6.45) is 2.05. The van der Waals surface area contributed by atoms with Gasteiger partial charge in [0.1, 0.15) is 0 Å². The Morgan fingerprint density at radius 3 is 1.97 bits per heavy atom. The number of fused-ring (bicyclic) bond motifs is 2. The molecule has 0 bridgehead atoms. The number of nitrogens with one attached hydrogen (secondary N) is 2. The Morgan fingerprint density at radius 1 is 0.759 bits per heavy atom. The first-order valence-electron chi connectivity index (χ1n) is 10.0. The number of anilines is 3. The molecule has 1 aliphatic carbocycles. The lowest BCUT2D eigenvalue weighted by atomic mass is 9.82. The number of rotatable bonds is 6. The average Bonchev–Trinajstić information content (AvgIpc) is 2.74. The quantitative estimate of drug-likeness (QED) is 0.417. The molecule has 146 valence electrons. The molecule has 0 unspecified atom stereocenters. The van der Waals surface area contributed by atoms with Gasteiger partial charge in [-0.05, 0) is 37.6 Å². The van der Waals surface area contributed by atoms with Crippen molar-refractivity contribution < 1.29 is 9.59 Å². The third-order valence-corrected chi connectivity index (χ3v) is 5.25. The van der Waals surface area contributed by atoms with Crippen LogP contribution in [0.3, 0.4) is 0 Å². The van der Waals surface area contributed by atoms with Gasteiger partial charge in [0.25, 0.3) is 0 Å². The molecule has 1 aliphatic rings. The van der Waals surface area contributed by atoms with Crippen molar-refractivity contribution in [3.8, 4) is 0 Å². The summed E-state index contributed by atoms with van der Waals surface area (Å²) < 4.78 is 0. The lowest BCUT2D eigenvalue weighted by Crippen LogP contribution is -2.24. The van der Waals surface area contributed by atoms with Gasteiger partial charge in [-0.2, -0.15) is 0 Å². The summed E-state index contributed by atoms with van der Waals surface area (Å²) in [7, 11) is 0. The highest BCUT2D eigenvalue weighted by Crippen LogP contribution is 2.37. The highest BCUT2D eigenvalue weighted by Gasteiger charge is 2.33. The Bertz CT molecular complexity index is 1080. The lowest BCUT2D eigenvalue weighted by Gasteiger charge is -2.24. The van der Waals surface area contributed by atoms with Crippen molar-refractivity contribution in [2.45, 2.75) is 26.7 Å². The van der Waals surface area contributed by atoms with E-state index in [1.807, 2.05) is 43.3 Å². The highest BCUT2D eigenvalue weighted by molar-refractivity contribution is 6.32. The van der Waals surface area contributed by atoms with Gasteiger partial charge in [0, 0.05) is 29.0 Å². The molecule has 0 saturated heterocycles. The summed E-state index contributed by atoms with van der Waals surface area (Å²) in [4.78, 5) is 26.7. The monoisotopic (exact) mass is 384 g/mol. The molecule has 0 radical (unpaired) electrons. The predicted octanol–water partition coefficient (Wildman–Crippen LogP) is 5.73. The number of ketones is 2. The van der Waals surface area contributed by atoms with Crippen LogP contribution in [0.4, 0.5) is 17.1 Å². The molecule has 3 aromatic rings. The van der Waals surface area contributed by atoms with Crippen LogP contribution in [0.5, 0.6) is 0 Å². The van der Waals surface area contributed by atoms with Crippen molar-refractivity contribution in [2.24, 2.45) is 0 Å². The first-order valence-corrected chi connectivity index (χ1v) is 10.0. The molecule has 3 aromatic carbocycles. The van der Waals surface area contributed by atoms with Crippen molar-refractivity contribution in [1.29, 1.82) is 0 Å². The highest BCUT2D eigenvalue weighted by atomic mass is 16.1. The zero-order valence-corrected chi connectivity index (χ0v) is 16.7. The standard InChI is InChI=1S/C25H24N2O2/c1-3-4-15-26-20-13-14-21(27-17-11-9-16(2)10-12-17)23-22(20)24(28)18-7-5-6-8-19(18)25(23)29/h5-14,26-27H,3-4,15H2,1-2H3. The Kier molecular flexibility index (Phi) is 5.17. The second-order valence-electron chi connectivity index (χ2n) is 7.39. The fourth-order valence-electron chi connectivity index (χ4n) is 3.67. The minimum atomic E-state index is -0.121. The van der Waals surface area contributed by atoms with Crippen LogP contribution in [0.1, 0.15) is 57.2 Å². The Morgan fingerprint density at radius 2 is 1.34 bits per heavy atom. The van der Waals surface area contributed by atoms with E-state index in [9.17, 15) is 9.59 Å². The van der Waals surface area contributed by atoms with Gasteiger partial charge in [0.2, 0.25) is 0 Å². The van der Waals surface area contributed by atoms with Crippen LogP contribution in [-0.2, 0) is 0 Å². The van der Waals surface area contributed by atoms with Gasteiger partial charge in [-0.25, -0.2) is 0 Å². The third kappa shape index (κ3) is 3.54. The molecule has 4 nitrogen and oxygen atoms in total. The Hall–Kier alpha value is -3.40. The maximum atomic E-state index is 13.4. The molecule has 2 N–H and O–H groups in total. The van der Waals surface area contributed by atoms with Crippen LogP contribution in [-0.4, -0.2) is 18.1 Å². The van der Waals surface area contributed by atoms with E-state index >= 15 is 0 Å². The molecule has 4 heteroatoms. The van der Waals surface area contributed by atoms with Gasteiger partial charge < -0.3 is 10.6 Å². The minimum Gasteiger partial charge on any atom is -0.384 e.